The summed E-state index contributed by atoms with van der Waals surface area (Å²) >= 11 is 6.11. The lowest BCUT2D eigenvalue weighted by molar-refractivity contribution is 0.0927. The summed E-state index contributed by atoms with van der Waals surface area (Å²) in [5.41, 5.74) is 2.87. The van der Waals surface area contributed by atoms with Crippen molar-refractivity contribution in [1.82, 2.24) is 30.0 Å². The van der Waals surface area contributed by atoms with Crippen LogP contribution >= 0.6 is 11.6 Å². The van der Waals surface area contributed by atoms with E-state index in [0.717, 1.165) is 17.0 Å². The summed E-state index contributed by atoms with van der Waals surface area (Å²) in [7, 11) is 1.78. The highest BCUT2D eigenvalue weighted by molar-refractivity contribution is 6.32. The van der Waals surface area contributed by atoms with Crippen molar-refractivity contribution in [2.75, 3.05) is 0 Å². The molecule has 1 N–H and O–H groups in total. The van der Waals surface area contributed by atoms with E-state index in [0.29, 0.717) is 22.9 Å². The summed E-state index contributed by atoms with van der Waals surface area (Å²) in [6, 6.07) is 12.2. The normalized spacial score (nSPS) is 11.8. The maximum atomic E-state index is 12.5. The first kappa shape index (κ1) is 20.4. The Kier molecular flexibility index (Phi) is 5.56. The van der Waals surface area contributed by atoms with Gasteiger partial charge in [-0.2, -0.15) is 15.5 Å². The van der Waals surface area contributed by atoms with Crippen LogP contribution in [0.25, 0.3) is 22.7 Å². The van der Waals surface area contributed by atoms with E-state index < -0.39 is 0 Å². The summed E-state index contributed by atoms with van der Waals surface area (Å²) in [5, 5.41) is 24.7. The van der Waals surface area contributed by atoms with Gasteiger partial charge in [0.2, 0.25) is 0 Å². The Bertz CT molecular complexity index is 1280. The molecule has 10 heteroatoms. The number of benzene rings is 1. The smallest absolute Gasteiger partial charge is 0.273 e. The number of nitrogens with zero attached hydrogens (tertiary/aromatic N) is 6. The Balaban J connectivity index is 1.39. The van der Waals surface area contributed by atoms with Gasteiger partial charge in [-0.25, -0.2) is 0 Å². The van der Waals surface area contributed by atoms with Crippen LogP contribution in [0.4, 0.5) is 0 Å². The van der Waals surface area contributed by atoms with Crippen molar-refractivity contribution in [2.24, 2.45) is 7.05 Å². The van der Waals surface area contributed by atoms with Crippen molar-refractivity contribution in [2.45, 2.75) is 19.5 Å². The number of aromatic nitrogens is 5. The molecular weight excluding hydrogens is 418 g/mol. The van der Waals surface area contributed by atoms with E-state index in [-0.39, 0.29) is 17.6 Å². The predicted molar refractivity (Wildman–Crippen MR) is 113 cm³/mol. The Morgan fingerprint density at radius 1 is 1.32 bits per heavy atom. The summed E-state index contributed by atoms with van der Waals surface area (Å²) in [6.07, 6.45) is 3.46. The molecule has 9 nitrogen and oxygen atoms in total. The van der Waals surface area contributed by atoms with Crippen LogP contribution in [0.5, 0.6) is 0 Å². The van der Waals surface area contributed by atoms with Crippen LogP contribution in [-0.4, -0.2) is 36.7 Å². The van der Waals surface area contributed by atoms with Crippen molar-refractivity contribution < 1.29 is 9.32 Å². The maximum absolute atomic E-state index is 12.5. The van der Waals surface area contributed by atoms with Crippen molar-refractivity contribution in [1.29, 1.82) is 5.26 Å². The Labute approximate surface area is 182 Å². The fraction of sp³-hybridized carbons (Fsp3) is 0.190. The van der Waals surface area contributed by atoms with Gasteiger partial charge in [0.1, 0.15) is 11.8 Å². The van der Waals surface area contributed by atoms with Crippen LogP contribution in [0.15, 0.2) is 53.3 Å². The van der Waals surface area contributed by atoms with E-state index in [2.05, 4.69) is 20.7 Å². The quantitative estimate of drug-likeness (QED) is 0.497. The number of amides is 1. The van der Waals surface area contributed by atoms with Crippen LogP contribution in [0.3, 0.4) is 0 Å². The molecule has 0 aliphatic heterocycles. The van der Waals surface area contributed by atoms with Crippen LogP contribution < -0.4 is 5.32 Å². The van der Waals surface area contributed by atoms with Crippen molar-refractivity contribution >= 4 is 17.5 Å². The second kappa shape index (κ2) is 8.45. The molecular formula is C21H18ClN7O2. The Hall–Kier alpha value is -3.90. The lowest BCUT2D eigenvalue weighted by atomic mass is 10.1. The van der Waals surface area contributed by atoms with Crippen molar-refractivity contribution in [3.05, 3.63) is 65.1 Å². The van der Waals surface area contributed by atoms with Crippen LogP contribution in [-0.2, 0) is 13.6 Å². The molecule has 0 spiro atoms. The van der Waals surface area contributed by atoms with Crippen molar-refractivity contribution in [3.63, 3.8) is 0 Å². The molecule has 31 heavy (non-hydrogen) atoms. The highest BCUT2D eigenvalue weighted by Gasteiger charge is 2.17. The van der Waals surface area contributed by atoms with Gasteiger partial charge < -0.3 is 9.84 Å². The number of aryl methyl sites for hydroxylation is 1. The summed E-state index contributed by atoms with van der Waals surface area (Å²) in [6.45, 7) is 2.34. The first-order chi connectivity index (χ1) is 14.9. The molecule has 0 aliphatic carbocycles. The minimum atomic E-state index is -0.337. The standard InChI is InChI=1S/C21H18ClN7O2/c1-13(25-21(30)18-10-20(31-27-18)19-5-7-24-28(19)2)12-29-8-6-17(26-29)14-3-4-15(11-23)16(22)9-14/h3-10,13H,12H2,1-2H3,(H,25,30)/t13-/m0/s1. The lowest BCUT2D eigenvalue weighted by Gasteiger charge is -2.12. The third kappa shape index (κ3) is 4.34. The lowest BCUT2D eigenvalue weighted by Crippen LogP contribution is -2.36. The molecule has 0 fully saturated rings. The highest BCUT2D eigenvalue weighted by Crippen LogP contribution is 2.24. The minimum absolute atomic E-state index is 0.191. The summed E-state index contributed by atoms with van der Waals surface area (Å²) in [5.74, 6) is 0.131. The number of nitrogens with one attached hydrogen (secondary N) is 1. The number of rotatable bonds is 6. The Morgan fingerprint density at radius 3 is 2.87 bits per heavy atom. The predicted octanol–water partition coefficient (Wildman–Crippen LogP) is 3.28. The molecule has 0 unspecified atom stereocenters. The molecule has 3 heterocycles. The summed E-state index contributed by atoms with van der Waals surface area (Å²) in [4.78, 5) is 12.5. The summed E-state index contributed by atoms with van der Waals surface area (Å²) < 4.78 is 8.64. The van der Waals surface area contributed by atoms with Crippen LogP contribution in [0.2, 0.25) is 5.02 Å². The molecule has 1 amide bonds. The second-order valence-electron chi connectivity index (χ2n) is 7.02. The molecule has 1 atom stereocenters. The number of carbonyl (C=O) groups is 1. The van der Waals surface area contributed by atoms with Gasteiger partial charge in [-0.1, -0.05) is 22.8 Å². The molecule has 1 aromatic carbocycles. The SMILES string of the molecule is C[C@@H](Cn1ccc(-c2ccc(C#N)c(Cl)c2)n1)NC(=O)c1cc(-c2ccnn2C)on1. The van der Waals surface area contributed by atoms with E-state index in [1.54, 1.807) is 52.9 Å². The molecule has 4 aromatic rings. The van der Waals surface area contributed by atoms with Crippen LogP contribution in [0, 0.1) is 11.3 Å². The fourth-order valence-electron chi connectivity index (χ4n) is 3.12. The van der Waals surface area contributed by atoms with Gasteiger partial charge in [0.25, 0.3) is 5.91 Å². The average molecular weight is 436 g/mol. The number of halogens is 1. The number of nitriles is 1. The first-order valence-corrected chi connectivity index (χ1v) is 9.82. The van der Waals surface area contributed by atoms with Gasteiger partial charge in [0, 0.05) is 37.1 Å². The highest BCUT2D eigenvalue weighted by atomic mass is 35.5. The molecule has 0 saturated heterocycles. The van der Waals surface area contributed by atoms with Gasteiger partial charge in [-0.05, 0) is 31.2 Å². The van der Waals surface area contributed by atoms with Gasteiger partial charge in [-0.3, -0.25) is 14.2 Å². The molecule has 0 radical (unpaired) electrons. The van der Waals surface area contributed by atoms with E-state index in [4.69, 9.17) is 21.4 Å². The molecule has 4 rings (SSSR count). The molecule has 0 aliphatic rings. The molecule has 0 saturated carbocycles. The first-order valence-electron chi connectivity index (χ1n) is 9.44. The van der Waals surface area contributed by atoms with Crippen molar-refractivity contribution in [3.8, 4) is 28.8 Å². The van der Waals surface area contributed by atoms with Crippen LogP contribution in [0.1, 0.15) is 23.0 Å². The van der Waals surface area contributed by atoms with E-state index in [1.165, 1.54) is 0 Å². The third-order valence-corrected chi connectivity index (χ3v) is 4.99. The largest absolute Gasteiger partial charge is 0.354 e. The zero-order valence-electron chi connectivity index (χ0n) is 16.8. The van der Waals surface area contributed by atoms with Gasteiger partial charge in [-0.15, -0.1) is 0 Å². The molecule has 3 aromatic heterocycles. The van der Waals surface area contributed by atoms with E-state index in [9.17, 15) is 4.79 Å². The fourth-order valence-corrected chi connectivity index (χ4v) is 3.35. The Morgan fingerprint density at radius 2 is 2.16 bits per heavy atom. The third-order valence-electron chi connectivity index (χ3n) is 4.68. The topological polar surface area (TPSA) is 115 Å². The monoisotopic (exact) mass is 435 g/mol. The molecule has 0 bridgehead atoms. The van der Waals surface area contributed by atoms with E-state index >= 15 is 0 Å². The molecule has 156 valence electrons. The van der Waals surface area contributed by atoms with E-state index in [1.807, 2.05) is 25.3 Å². The van der Waals surface area contributed by atoms with Gasteiger partial charge in [0.15, 0.2) is 11.5 Å². The maximum Gasteiger partial charge on any atom is 0.273 e. The average Bonchev–Trinajstić information content (AvgIpc) is 3.48. The minimum Gasteiger partial charge on any atom is -0.354 e. The zero-order chi connectivity index (χ0) is 22.0. The second-order valence-corrected chi connectivity index (χ2v) is 7.43. The number of carbonyl (C=O) groups excluding carboxylic acids is 1. The number of hydrogen-bond donors (Lipinski definition) is 1. The zero-order valence-corrected chi connectivity index (χ0v) is 17.5. The van der Waals surface area contributed by atoms with Gasteiger partial charge in [0.05, 0.1) is 22.8 Å². The number of hydrogen-bond acceptors (Lipinski definition) is 6. The van der Waals surface area contributed by atoms with Gasteiger partial charge >= 0.3 is 0 Å².